The first-order chi connectivity index (χ1) is 11.3. The molecule has 0 saturated carbocycles. The average molecular weight is 299 g/mol. The van der Waals surface area contributed by atoms with Crippen molar-refractivity contribution in [3.05, 3.63) is 83.4 Å². The summed E-state index contributed by atoms with van der Waals surface area (Å²) in [5.74, 6) is -0.00225. The maximum absolute atomic E-state index is 12.3. The van der Waals surface area contributed by atoms with E-state index in [0.717, 1.165) is 23.1 Å². The second-order valence-corrected chi connectivity index (χ2v) is 5.84. The molecule has 0 radical (unpaired) electrons. The first-order valence-electron chi connectivity index (χ1n) is 7.82. The van der Waals surface area contributed by atoms with Crippen molar-refractivity contribution in [2.75, 3.05) is 6.54 Å². The highest BCUT2D eigenvalue weighted by atomic mass is 16.1. The van der Waals surface area contributed by atoms with Crippen LogP contribution in [0, 0.1) is 0 Å². The molecule has 1 aliphatic carbocycles. The number of fused-ring (bicyclic) bond motifs is 3. The Balaban J connectivity index is 2.00. The predicted octanol–water partition coefficient (Wildman–Crippen LogP) is 4.07. The van der Waals surface area contributed by atoms with E-state index >= 15 is 0 Å². The first-order valence-corrected chi connectivity index (χ1v) is 7.82. The Labute approximate surface area is 135 Å². The Kier molecular flexibility index (Phi) is 3.32. The van der Waals surface area contributed by atoms with Crippen LogP contribution in [0.15, 0.2) is 66.7 Å². The Morgan fingerprint density at radius 3 is 2.39 bits per heavy atom. The largest absolute Gasteiger partial charge is 0.324 e. The fourth-order valence-electron chi connectivity index (χ4n) is 3.48. The molecule has 0 bridgehead atoms. The van der Waals surface area contributed by atoms with Crippen molar-refractivity contribution >= 4 is 5.78 Å². The lowest BCUT2D eigenvalue weighted by molar-refractivity contribution is 0.100. The smallest absolute Gasteiger partial charge is 0.177 e. The van der Waals surface area contributed by atoms with Crippen molar-refractivity contribution in [2.24, 2.45) is 5.73 Å². The summed E-state index contributed by atoms with van der Waals surface area (Å²) in [6, 6.07) is 22.6. The maximum atomic E-state index is 12.3. The van der Waals surface area contributed by atoms with Crippen LogP contribution < -0.4 is 5.73 Å². The van der Waals surface area contributed by atoms with Crippen LogP contribution >= 0.6 is 0 Å². The van der Waals surface area contributed by atoms with Crippen LogP contribution in [0.25, 0.3) is 22.3 Å². The topological polar surface area (TPSA) is 43.1 Å². The average Bonchev–Trinajstić information content (AvgIpc) is 3.00. The summed E-state index contributed by atoms with van der Waals surface area (Å²) in [4.78, 5) is 12.3. The molecule has 0 amide bonds. The molecule has 0 aliphatic heterocycles. The van der Waals surface area contributed by atoms with Crippen LogP contribution in [0.4, 0.5) is 0 Å². The van der Waals surface area contributed by atoms with Crippen molar-refractivity contribution in [1.29, 1.82) is 0 Å². The lowest BCUT2D eigenvalue weighted by Gasteiger charge is -2.13. The Morgan fingerprint density at radius 2 is 1.61 bits per heavy atom. The van der Waals surface area contributed by atoms with Crippen molar-refractivity contribution in [3.63, 3.8) is 0 Å². The van der Waals surface area contributed by atoms with Gasteiger partial charge in [-0.15, -0.1) is 0 Å². The van der Waals surface area contributed by atoms with Gasteiger partial charge in [-0.1, -0.05) is 66.7 Å². The van der Waals surface area contributed by atoms with Gasteiger partial charge >= 0.3 is 0 Å². The molecule has 3 aromatic rings. The van der Waals surface area contributed by atoms with Gasteiger partial charge in [0.2, 0.25) is 0 Å². The van der Waals surface area contributed by atoms with Crippen LogP contribution in [0.5, 0.6) is 0 Å². The predicted molar refractivity (Wildman–Crippen MR) is 93.5 cm³/mol. The molecule has 1 aliphatic rings. The molecule has 0 saturated heterocycles. The zero-order chi connectivity index (χ0) is 15.8. The Morgan fingerprint density at radius 1 is 0.870 bits per heavy atom. The zero-order valence-corrected chi connectivity index (χ0v) is 12.8. The highest BCUT2D eigenvalue weighted by Crippen LogP contribution is 2.43. The van der Waals surface area contributed by atoms with Gasteiger partial charge in [-0.05, 0) is 39.8 Å². The monoisotopic (exact) mass is 299 g/mol. The maximum Gasteiger partial charge on any atom is 0.177 e. The van der Waals surface area contributed by atoms with E-state index in [2.05, 4.69) is 36.4 Å². The molecule has 3 aromatic carbocycles. The molecule has 4 rings (SSSR count). The molecule has 2 nitrogen and oxygen atoms in total. The quantitative estimate of drug-likeness (QED) is 0.580. The number of ketones is 1. The van der Waals surface area contributed by atoms with Gasteiger partial charge in [0.15, 0.2) is 5.78 Å². The molecule has 0 unspecified atom stereocenters. The molecule has 0 heterocycles. The number of Topliss-reactive ketones (excluding diaryl/α,β-unsaturated/α-hetero) is 1. The highest BCUT2D eigenvalue weighted by Gasteiger charge is 2.26. The van der Waals surface area contributed by atoms with Crippen molar-refractivity contribution < 1.29 is 4.79 Å². The molecule has 0 fully saturated rings. The summed E-state index contributed by atoms with van der Waals surface area (Å²) >= 11 is 0. The van der Waals surface area contributed by atoms with E-state index in [1.165, 1.54) is 22.3 Å². The molecular formula is C21H17NO. The van der Waals surface area contributed by atoms with E-state index in [1.54, 1.807) is 0 Å². The SMILES string of the molecule is NCC(=O)c1ccc(-c2ccccc2)c2c1-c1ccccc1C2. The molecule has 112 valence electrons. The normalized spacial score (nSPS) is 11.9. The van der Waals surface area contributed by atoms with Gasteiger partial charge in [0.1, 0.15) is 0 Å². The van der Waals surface area contributed by atoms with Crippen LogP contribution in [-0.4, -0.2) is 12.3 Å². The van der Waals surface area contributed by atoms with E-state index in [4.69, 9.17) is 5.73 Å². The fraction of sp³-hybridized carbons (Fsp3) is 0.0952. The lowest BCUT2D eigenvalue weighted by Crippen LogP contribution is -2.14. The number of rotatable bonds is 3. The Hall–Kier alpha value is -2.71. The number of carbonyl (C=O) groups is 1. The van der Waals surface area contributed by atoms with E-state index < -0.39 is 0 Å². The van der Waals surface area contributed by atoms with Crippen LogP contribution in [0.1, 0.15) is 21.5 Å². The van der Waals surface area contributed by atoms with Crippen LogP contribution in [0.3, 0.4) is 0 Å². The van der Waals surface area contributed by atoms with E-state index in [9.17, 15) is 4.79 Å². The number of benzene rings is 3. The van der Waals surface area contributed by atoms with Crippen LogP contribution in [-0.2, 0) is 6.42 Å². The number of carbonyl (C=O) groups excluding carboxylic acids is 1. The summed E-state index contributed by atoms with van der Waals surface area (Å²) in [6.07, 6.45) is 0.863. The van der Waals surface area contributed by atoms with Gasteiger partial charge in [0.05, 0.1) is 6.54 Å². The summed E-state index contributed by atoms with van der Waals surface area (Å²) < 4.78 is 0. The third-order valence-electron chi connectivity index (χ3n) is 4.54. The standard InChI is InChI=1S/C21H17NO/c22-13-20(23)18-11-10-16(14-6-2-1-3-7-14)19-12-15-8-4-5-9-17(15)21(18)19/h1-11H,12-13,22H2. The lowest BCUT2D eigenvalue weighted by atomic mass is 9.90. The van der Waals surface area contributed by atoms with Crippen molar-refractivity contribution in [3.8, 4) is 22.3 Å². The molecule has 0 atom stereocenters. The second-order valence-electron chi connectivity index (χ2n) is 5.84. The van der Waals surface area contributed by atoms with Crippen molar-refractivity contribution in [1.82, 2.24) is 0 Å². The first kappa shape index (κ1) is 13.9. The van der Waals surface area contributed by atoms with Gasteiger partial charge in [-0.3, -0.25) is 4.79 Å². The summed E-state index contributed by atoms with van der Waals surface area (Å²) in [5, 5.41) is 0. The number of nitrogens with two attached hydrogens (primary N) is 1. The fourth-order valence-corrected chi connectivity index (χ4v) is 3.48. The molecule has 2 heteroatoms. The summed E-state index contributed by atoms with van der Waals surface area (Å²) in [5.41, 5.74) is 13.5. The third kappa shape index (κ3) is 2.19. The van der Waals surface area contributed by atoms with Gasteiger partial charge in [0.25, 0.3) is 0 Å². The second kappa shape index (κ2) is 5.49. The van der Waals surface area contributed by atoms with Crippen molar-refractivity contribution in [2.45, 2.75) is 6.42 Å². The van der Waals surface area contributed by atoms with Gasteiger partial charge in [-0.25, -0.2) is 0 Å². The molecule has 23 heavy (non-hydrogen) atoms. The molecule has 0 aromatic heterocycles. The van der Waals surface area contributed by atoms with Gasteiger partial charge < -0.3 is 5.73 Å². The molecular weight excluding hydrogens is 282 g/mol. The summed E-state index contributed by atoms with van der Waals surface area (Å²) in [6.45, 7) is 0.0410. The number of hydrogen-bond acceptors (Lipinski definition) is 2. The van der Waals surface area contributed by atoms with E-state index in [-0.39, 0.29) is 12.3 Å². The van der Waals surface area contributed by atoms with E-state index in [1.807, 2.05) is 30.3 Å². The minimum atomic E-state index is -0.00225. The van der Waals surface area contributed by atoms with Crippen LogP contribution in [0.2, 0.25) is 0 Å². The number of hydrogen-bond donors (Lipinski definition) is 1. The van der Waals surface area contributed by atoms with Gasteiger partial charge in [-0.2, -0.15) is 0 Å². The molecule has 2 N–H and O–H groups in total. The minimum absolute atomic E-state index is 0.00225. The highest BCUT2D eigenvalue weighted by molar-refractivity contribution is 6.06. The van der Waals surface area contributed by atoms with Gasteiger partial charge in [0, 0.05) is 5.56 Å². The summed E-state index contributed by atoms with van der Waals surface area (Å²) in [7, 11) is 0. The third-order valence-corrected chi connectivity index (χ3v) is 4.54. The van der Waals surface area contributed by atoms with E-state index in [0.29, 0.717) is 0 Å². The minimum Gasteiger partial charge on any atom is -0.324 e. The Bertz CT molecular complexity index is 897. The zero-order valence-electron chi connectivity index (χ0n) is 12.8. The molecule has 0 spiro atoms.